The number of rotatable bonds is 6. The van der Waals surface area contributed by atoms with Gasteiger partial charge in [0.15, 0.2) is 5.22 Å². The Morgan fingerprint density at radius 2 is 2.33 bits per heavy atom. The van der Waals surface area contributed by atoms with Crippen LogP contribution in [0.25, 0.3) is 0 Å². The quantitative estimate of drug-likeness (QED) is 0.855. The fourth-order valence-corrected chi connectivity index (χ4v) is 2.57. The third kappa shape index (κ3) is 3.60. The van der Waals surface area contributed by atoms with E-state index in [1.807, 2.05) is 17.5 Å². The zero-order valence-corrected chi connectivity index (χ0v) is 11.0. The second-order valence-corrected chi connectivity index (χ2v) is 5.10. The Kier molecular flexibility index (Phi) is 4.41. The number of halogens is 1. The summed E-state index contributed by atoms with van der Waals surface area (Å²) >= 11 is 7.20. The topological polar surface area (TPSA) is 62.5 Å². The molecule has 0 aliphatic rings. The van der Waals surface area contributed by atoms with E-state index in [0.717, 1.165) is 4.88 Å². The highest BCUT2D eigenvalue weighted by molar-refractivity contribution is 7.10. The average Bonchev–Trinajstić information content (AvgIpc) is 2.94. The fraction of sp³-hybridized carbons (Fsp3) is 0.250. The lowest BCUT2D eigenvalue weighted by molar-refractivity contribution is -0.137. The number of carboxylic acid groups (broad SMARTS) is 1. The van der Waals surface area contributed by atoms with Crippen LogP contribution in [-0.2, 0) is 11.3 Å². The molecular formula is C12H12ClNO3S. The summed E-state index contributed by atoms with van der Waals surface area (Å²) in [4.78, 5) is 11.8. The standard InChI is InChI=1S/C12H12ClNO3S/c13-11-4-3-8(17-11)7-14-9(6-12(15)16)10-2-1-5-18-10/h1-5,9,14H,6-7H2,(H,15,16). The maximum Gasteiger partial charge on any atom is 0.305 e. The van der Waals surface area contributed by atoms with Gasteiger partial charge in [0, 0.05) is 4.88 Å². The molecule has 0 saturated carbocycles. The molecule has 0 aromatic carbocycles. The molecule has 96 valence electrons. The summed E-state index contributed by atoms with van der Waals surface area (Å²) in [5, 5.41) is 14.3. The highest BCUT2D eigenvalue weighted by Crippen LogP contribution is 2.23. The summed E-state index contributed by atoms with van der Waals surface area (Å²) in [6, 6.07) is 7.03. The van der Waals surface area contributed by atoms with Gasteiger partial charge in [-0.1, -0.05) is 6.07 Å². The van der Waals surface area contributed by atoms with Crippen molar-refractivity contribution < 1.29 is 14.3 Å². The van der Waals surface area contributed by atoms with Crippen LogP contribution in [0.15, 0.2) is 34.1 Å². The van der Waals surface area contributed by atoms with Gasteiger partial charge in [0.1, 0.15) is 5.76 Å². The Morgan fingerprint density at radius 1 is 1.50 bits per heavy atom. The molecule has 0 aliphatic heterocycles. The number of thiophene rings is 1. The smallest absolute Gasteiger partial charge is 0.305 e. The van der Waals surface area contributed by atoms with E-state index in [9.17, 15) is 4.79 Å². The van der Waals surface area contributed by atoms with Crippen molar-refractivity contribution in [3.63, 3.8) is 0 Å². The maximum absolute atomic E-state index is 10.8. The molecule has 4 nitrogen and oxygen atoms in total. The van der Waals surface area contributed by atoms with Crippen molar-refractivity contribution in [3.8, 4) is 0 Å². The molecule has 18 heavy (non-hydrogen) atoms. The Labute approximate surface area is 113 Å². The summed E-state index contributed by atoms with van der Waals surface area (Å²) in [5.41, 5.74) is 0. The molecule has 6 heteroatoms. The van der Waals surface area contributed by atoms with Crippen LogP contribution in [0, 0.1) is 0 Å². The predicted octanol–water partition coefficient (Wildman–Crippen LogP) is 3.30. The van der Waals surface area contributed by atoms with Gasteiger partial charge in [-0.3, -0.25) is 4.79 Å². The minimum Gasteiger partial charge on any atom is -0.481 e. The molecule has 2 aromatic heterocycles. The zero-order chi connectivity index (χ0) is 13.0. The fourth-order valence-electron chi connectivity index (χ4n) is 1.61. The molecule has 0 aliphatic carbocycles. The average molecular weight is 286 g/mol. The molecule has 2 aromatic rings. The van der Waals surface area contributed by atoms with Gasteiger partial charge in [0.2, 0.25) is 0 Å². The second kappa shape index (κ2) is 6.04. The zero-order valence-electron chi connectivity index (χ0n) is 9.43. The van der Waals surface area contributed by atoms with Gasteiger partial charge < -0.3 is 14.8 Å². The molecule has 0 amide bonds. The number of carboxylic acids is 1. The van der Waals surface area contributed by atoms with Crippen molar-refractivity contribution in [2.75, 3.05) is 0 Å². The van der Waals surface area contributed by atoms with Crippen LogP contribution in [-0.4, -0.2) is 11.1 Å². The Morgan fingerprint density at radius 3 is 2.89 bits per heavy atom. The lowest BCUT2D eigenvalue weighted by atomic mass is 10.1. The number of hydrogen-bond acceptors (Lipinski definition) is 4. The van der Waals surface area contributed by atoms with E-state index in [4.69, 9.17) is 21.1 Å². The highest BCUT2D eigenvalue weighted by Gasteiger charge is 2.16. The van der Waals surface area contributed by atoms with E-state index >= 15 is 0 Å². The third-order valence-electron chi connectivity index (χ3n) is 2.42. The van der Waals surface area contributed by atoms with Crippen molar-refractivity contribution in [2.45, 2.75) is 19.0 Å². The van der Waals surface area contributed by atoms with Gasteiger partial charge >= 0.3 is 5.97 Å². The van der Waals surface area contributed by atoms with Crippen molar-refractivity contribution >= 4 is 28.9 Å². The van der Waals surface area contributed by atoms with Crippen molar-refractivity contribution in [1.82, 2.24) is 5.32 Å². The molecular weight excluding hydrogens is 274 g/mol. The molecule has 0 fully saturated rings. The van der Waals surface area contributed by atoms with Crippen LogP contribution in [0.3, 0.4) is 0 Å². The van der Waals surface area contributed by atoms with Gasteiger partial charge in [-0.2, -0.15) is 0 Å². The van der Waals surface area contributed by atoms with E-state index < -0.39 is 5.97 Å². The van der Waals surface area contributed by atoms with Crippen molar-refractivity contribution in [3.05, 3.63) is 45.5 Å². The van der Waals surface area contributed by atoms with Crippen LogP contribution >= 0.6 is 22.9 Å². The Hall–Kier alpha value is -1.30. The van der Waals surface area contributed by atoms with Crippen LogP contribution in [0.1, 0.15) is 23.1 Å². The summed E-state index contributed by atoms with van der Waals surface area (Å²) in [7, 11) is 0. The van der Waals surface area contributed by atoms with Crippen LogP contribution in [0.2, 0.25) is 5.22 Å². The van der Waals surface area contributed by atoms with Crippen molar-refractivity contribution in [1.29, 1.82) is 0 Å². The minimum atomic E-state index is -0.835. The van der Waals surface area contributed by atoms with E-state index in [1.165, 1.54) is 11.3 Å². The molecule has 2 heterocycles. The van der Waals surface area contributed by atoms with Crippen LogP contribution in [0.5, 0.6) is 0 Å². The molecule has 1 unspecified atom stereocenters. The van der Waals surface area contributed by atoms with E-state index in [1.54, 1.807) is 12.1 Å². The van der Waals surface area contributed by atoms with E-state index in [-0.39, 0.29) is 12.5 Å². The van der Waals surface area contributed by atoms with Crippen LogP contribution in [0.4, 0.5) is 0 Å². The number of hydrogen-bond donors (Lipinski definition) is 2. The van der Waals surface area contributed by atoms with Gasteiger partial charge in [0.05, 0.1) is 19.0 Å². The van der Waals surface area contributed by atoms with Gasteiger partial charge in [-0.25, -0.2) is 0 Å². The van der Waals surface area contributed by atoms with Gasteiger partial charge in [-0.15, -0.1) is 11.3 Å². The normalized spacial score (nSPS) is 12.5. The Balaban J connectivity index is 1.99. The summed E-state index contributed by atoms with van der Waals surface area (Å²) in [6.07, 6.45) is 0.0367. The first-order chi connectivity index (χ1) is 8.65. The monoisotopic (exact) mass is 285 g/mol. The first-order valence-electron chi connectivity index (χ1n) is 5.38. The first-order valence-corrected chi connectivity index (χ1v) is 6.63. The maximum atomic E-state index is 10.8. The Bertz CT molecular complexity index is 509. The SMILES string of the molecule is O=C(O)CC(NCc1ccc(Cl)o1)c1cccs1. The number of furan rings is 1. The summed E-state index contributed by atoms with van der Waals surface area (Å²) in [6.45, 7) is 0.447. The van der Waals surface area contributed by atoms with E-state index in [0.29, 0.717) is 17.5 Å². The number of carbonyl (C=O) groups is 1. The molecule has 2 rings (SSSR count). The second-order valence-electron chi connectivity index (χ2n) is 3.75. The lowest BCUT2D eigenvalue weighted by Crippen LogP contribution is -2.22. The number of nitrogens with one attached hydrogen (secondary N) is 1. The van der Waals surface area contributed by atoms with E-state index in [2.05, 4.69) is 5.32 Å². The summed E-state index contributed by atoms with van der Waals surface area (Å²) in [5.74, 6) is -0.148. The minimum absolute atomic E-state index is 0.0367. The molecule has 2 N–H and O–H groups in total. The summed E-state index contributed by atoms with van der Waals surface area (Å²) < 4.78 is 5.22. The van der Waals surface area contributed by atoms with Crippen LogP contribution < -0.4 is 5.32 Å². The highest BCUT2D eigenvalue weighted by atomic mass is 35.5. The van der Waals surface area contributed by atoms with Crippen molar-refractivity contribution in [2.24, 2.45) is 0 Å². The van der Waals surface area contributed by atoms with Gasteiger partial charge in [-0.05, 0) is 35.2 Å². The lowest BCUT2D eigenvalue weighted by Gasteiger charge is -2.14. The first kappa shape index (κ1) is 13.1. The molecule has 1 atom stereocenters. The predicted molar refractivity (Wildman–Crippen MR) is 69.9 cm³/mol. The third-order valence-corrected chi connectivity index (χ3v) is 3.61. The molecule has 0 saturated heterocycles. The molecule has 0 bridgehead atoms. The van der Waals surface area contributed by atoms with Gasteiger partial charge in [0.25, 0.3) is 0 Å². The number of aliphatic carboxylic acids is 1. The largest absolute Gasteiger partial charge is 0.481 e. The molecule has 0 spiro atoms. The molecule has 0 radical (unpaired) electrons.